The molecular weight excluding hydrogens is 258 g/mol. The number of halogens is 3. The van der Waals surface area contributed by atoms with Crippen LogP contribution in [0.25, 0.3) is 0 Å². The van der Waals surface area contributed by atoms with Gasteiger partial charge >= 0.3 is 0 Å². The van der Waals surface area contributed by atoms with Gasteiger partial charge in [-0.2, -0.15) is 5.10 Å². The molecule has 0 aliphatic carbocycles. The van der Waals surface area contributed by atoms with Gasteiger partial charge in [0.1, 0.15) is 0 Å². The largest absolute Gasteiger partial charge is 0.394 e. The quantitative estimate of drug-likeness (QED) is 0.381. The number of hydrogen-bond acceptors (Lipinski definition) is 3. The second kappa shape index (κ2) is 6.18. The van der Waals surface area contributed by atoms with E-state index in [9.17, 15) is 0 Å². The summed E-state index contributed by atoms with van der Waals surface area (Å²) in [5, 5.41) is 13.6. The van der Waals surface area contributed by atoms with Crippen LogP contribution >= 0.6 is 34.8 Å². The minimum absolute atomic E-state index is 0.00828. The highest BCUT2D eigenvalue weighted by molar-refractivity contribution is 6.45. The smallest absolute Gasteiger partial charge is 0.0695 e. The highest BCUT2D eigenvalue weighted by Crippen LogP contribution is 2.29. The van der Waals surface area contributed by atoms with Crippen molar-refractivity contribution in [2.24, 2.45) is 5.10 Å². The van der Waals surface area contributed by atoms with Gasteiger partial charge in [-0.25, -0.2) is 0 Å². The fourth-order valence-corrected chi connectivity index (χ4v) is 1.52. The predicted molar refractivity (Wildman–Crippen MR) is 64.2 cm³/mol. The van der Waals surface area contributed by atoms with Crippen LogP contribution in [0.2, 0.25) is 15.1 Å². The summed E-state index contributed by atoms with van der Waals surface area (Å²) in [6.45, 7) is 0.376. The molecule has 0 saturated carbocycles. The first-order valence-electron chi connectivity index (χ1n) is 4.17. The molecule has 1 aromatic rings. The number of benzene rings is 1. The average molecular weight is 268 g/mol. The fraction of sp³-hybridized carbons (Fsp3) is 0.222. The lowest BCUT2D eigenvalue weighted by atomic mass is 10.2. The van der Waals surface area contributed by atoms with Crippen molar-refractivity contribution >= 4 is 41.0 Å². The molecule has 0 heterocycles. The molecular formula is C9H9Cl3N2O. The molecule has 0 spiro atoms. The molecule has 0 amide bonds. The molecule has 82 valence electrons. The summed E-state index contributed by atoms with van der Waals surface area (Å²) in [7, 11) is 0. The van der Waals surface area contributed by atoms with Crippen LogP contribution in [-0.4, -0.2) is 24.5 Å². The van der Waals surface area contributed by atoms with E-state index >= 15 is 0 Å². The van der Waals surface area contributed by atoms with Gasteiger partial charge in [0.15, 0.2) is 0 Å². The van der Waals surface area contributed by atoms with Crippen LogP contribution in [0, 0.1) is 0 Å². The third-order valence-corrected chi connectivity index (χ3v) is 2.74. The number of rotatable bonds is 4. The van der Waals surface area contributed by atoms with Gasteiger partial charge in [-0.3, -0.25) is 0 Å². The molecule has 0 bridgehead atoms. The minimum atomic E-state index is 0.00828. The van der Waals surface area contributed by atoms with Gasteiger partial charge in [-0.1, -0.05) is 34.8 Å². The second-order valence-electron chi connectivity index (χ2n) is 2.65. The summed E-state index contributed by atoms with van der Waals surface area (Å²) < 4.78 is 0. The zero-order valence-corrected chi connectivity index (χ0v) is 9.94. The van der Waals surface area contributed by atoms with Crippen LogP contribution in [0.1, 0.15) is 5.56 Å². The Bertz CT molecular complexity index is 369. The lowest BCUT2D eigenvalue weighted by Gasteiger charge is -2.03. The Morgan fingerprint density at radius 1 is 1.27 bits per heavy atom. The normalized spacial score (nSPS) is 10.9. The van der Waals surface area contributed by atoms with Crippen LogP contribution in [0.3, 0.4) is 0 Å². The zero-order chi connectivity index (χ0) is 11.3. The van der Waals surface area contributed by atoms with Gasteiger partial charge in [-0.05, 0) is 12.1 Å². The molecule has 3 nitrogen and oxygen atoms in total. The molecule has 0 radical (unpaired) electrons. The van der Waals surface area contributed by atoms with E-state index in [1.807, 2.05) is 0 Å². The van der Waals surface area contributed by atoms with Crippen molar-refractivity contribution in [2.75, 3.05) is 13.2 Å². The zero-order valence-electron chi connectivity index (χ0n) is 7.67. The van der Waals surface area contributed by atoms with E-state index in [1.54, 1.807) is 12.1 Å². The Morgan fingerprint density at radius 3 is 2.60 bits per heavy atom. The first kappa shape index (κ1) is 12.6. The molecule has 1 rings (SSSR count). The van der Waals surface area contributed by atoms with Crippen LogP contribution < -0.4 is 5.43 Å². The average Bonchev–Trinajstić information content (AvgIpc) is 2.23. The van der Waals surface area contributed by atoms with E-state index in [0.29, 0.717) is 27.2 Å². The molecule has 1 aromatic carbocycles. The van der Waals surface area contributed by atoms with Crippen LogP contribution in [0.4, 0.5) is 0 Å². The summed E-state index contributed by atoms with van der Waals surface area (Å²) in [5.41, 5.74) is 3.17. The molecule has 6 heteroatoms. The summed E-state index contributed by atoms with van der Waals surface area (Å²) in [6, 6.07) is 3.26. The highest BCUT2D eigenvalue weighted by Gasteiger charge is 2.06. The number of aliphatic hydroxyl groups is 1. The van der Waals surface area contributed by atoms with Gasteiger partial charge in [0, 0.05) is 5.56 Å². The Labute approximate surface area is 103 Å². The number of nitrogens with one attached hydrogen (secondary N) is 1. The summed E-state index contributed by atoms with van der Waals surface area (Å²) >= 11 is 17.6. The van der Waals surface area contributed by atoms with Crippen molar-refractivity contribution in [3.8, 4) is 0 Å². The molecule has 2 N–H and O–H groups in total. The van der Waals surface area contributed by atoms with E-state index in [0.717, 1.165) is 0 Å². The third kappa shape index (κ3) is 3.54. The van der Waals surface area contributed by atoms with Gasteiger partial charge < -0.3 is 10.5 Å². The van der Waals surface area contributed by atoms with Crippen molar-refractivity contribution in [1.82, 2.24) is 5.43 Å². The maximum Gasteiger partial charge on any atom is 0.0695 e. The van der Waals surface area contributed by atoms with Crippen molar-refractivity contribution in [3.63, 3.8) is 0 Å². The fourth-order valence-electron chi connectivity index (χ4n) is 0.886. The molecule has 0 fully saturated rings. The number of nitrogens with zero attached hydrogens (tertiary/aromatic N) is 1. The third-order valence-electron chi connectivity index (χ3n) is 1.59. The van der Waals surface area contributed by atoms with E-state index in [4.69, 9.17) is 39.9 Å². The predicted octanol–water partition coefficient (Wildman–Crippen LogP) is 2.56. The standard InChI is InChI=1S/C9H9Cl3N2O/c10-7-1-2-8(11)9(12)6(7)5-14-13-3-4-15/h1-2,5,13,15H,3-4H2/b14-5+. The Morgan fingerprint density at radius 2 is 1.93 bits per heavy atom. The Hall–Kier alpha value is -0.480. The van der Waals surface area contributed by atoms with Gasteiger partial charge in [0.05, 0.1) is 34.4 Å². The molecule has 0 aliphatic rings. The molecule has 0 aromatic heterocycles. The molecule has 0 atom stereocenters. The maximum atomic E-state index is 8.51. The van der Waals surface area contributed by atoms with Crippen LogP contribution in [-0.2, 0) is 0 Å². The van der Waals surface area contributed by atoms with Gasteiger partial charge in [-0.15, -0.1) is 0 Å². The van der Waals surface area contributed by atoms with Crippen LogP contribution in [0.5, 0.6) is 0 Å². The molecule has 0 aliphatic heterocycles. The lowest BCUT2D eigenvalue weighted by molar-refractivity contribution is 0.294. The van der Waals surface area contributed by atoms with Crippen LogP contribution in [0.15, 0.2) is 17.2 Å². The second-order valence-corrected chi connectivity index (χ2v) is 3.84. The van der Waals surface area contributed by atoms with Crippen molar-refractivity contribution in [3.05, 3.63) is 32.8 Å². The SMILES string of the molecule is OCCN/N=C/c1c(Cl)ccc(Cl)c1Cl. The molecule has 0 saturated heterocycles. The monoisotopic (exact) mass is 266 g/mol. The molecule has 0 unspecified atom stereocenters. The summed E-state index contributed by atoms with van der Waals surface area (Å²) in [4.78, 5) is 0. The first-order valence-corrected chi connectivity index (χ1v) is 5.30. The van der Waals surface area contributed by atoms with E-state index in [2.05, 4.69) is 10.5 Å². The maximum absolute atomic E-state index is 8.51. The van der Waals surface area contributed by atoms with E-state index in [-0.39, 0.29) is 6.61 Å². The summed E-state index contributed by atoms with van der Waals surface area (Å²) in [5.74, 6) is 0. The number of hydrazone groups is 1. The van der Waals surface area contributed by atoms with Crippen molar-refractivity contribution < 1.29 is 5.11 Å². The van der Waals surface area contributed by atoms with Gasteiger partial charge in [0.25, 0.3) is 0 Å². The van der Waals surface area contributed by atoms with Crippen molar-refractivity contribution in [1.29, 1.82) is 0 Å². The molecule has 15 heavy (non-hydrogen) atoms. The minimum Gasteiger partial charge on any atom is -0.394 e. The first-order chi connectivity index (χ1) is 7.16. The number of aliphatic hydroxyl groups excluding tert-OH is 1. The van der Waals surface area contributed by atoms with Gasteiger partial charge in [0.2, 0.25) is 0 Å². The van der Waals surface area contributed by atoms with E-state index < -0.39 is 0 Å². The topological polar surface area (TPSA) is 44.6 Å². The Kier molecular flexibility index (Phi) is 5.19. The lowest BCUT2D eigenvalue weighted by Crippen LogP contribution is -2.11. The highest BCUT2D eigenvalue weighted by atomic mass is 35.5. The van der Waals surface area contributed by atoms with E-state index in [1.165, 1.54) is 6.21 Å². The number of hydrogen-bond donors (Lipinski definition) is 2. The summed E-state index contributed by atoms with van der Waals surface area (Å²) in [6.07, 6.45) is 1.46. The van der Waals surface area contributed by atoms with Crippen molar-refractivity contribution in [2.45, 2.75) is 0 Å². The Balaban J connectivity index is 2.84.